The summed E-state index contributed by atoms with van der Waals surface area (Å²) in [5.74, 6) is 0. The highest BCUT2D eigenvalue weighted by Crippen LogP contribution is 2.12. The Hall–Kier alpha value is -0.0800. The van der Waals surface area contributed by atoms with Gasteiger partial charge in [0.25, 0.3) is 0 Å². The summed E-state index contributed by atoms with van der Waals surface area (Å²) in [6.45, 7) is 6.23. The average molecular weight is 226 g/mol. The van der Waals surface area contributed by atoms with Crippen molar-refractivity contribution in [2.45, 2.75) is 64.3 Å². The Bertz CT molecular complexity index is 151. The summed E-state index contributed by atoms with van der Waals surface area (Å²) in [5.41, 5.74) is 0. The van der Waals surface area contributed by atoms with Crippen molar-refractivity contribution in [3.8, 4) is 0 Å². The molecular weight excluding hydrogens is 196 g/mol. The van der Waals surface area contributed by atoms with E-state index in [1.54, 1.807) is 0 Å². The second kappa shape index (κ2) is 9.00. The SMILES string of the molecule is CCCCCCCCN1CCC(NC)CC1. The van der Waals surface area contributed by atoms with E-state index in [1.165, 1.54) is 71.0 Å². The molecule has 1 rings (SSSR count). The summed E-state index contributed by atoms with van der Waals surface area (Å²) in [4.78, 5) is 2.65. The van der Waals surface area contributed by atoms with Crippen molar-refractivity contribution in [2.75, 3.05) is 26.7 Å². The van der Waals surface area contributed by atoms with Crippen molar-refractivity contribution in [1.29, 1.82) is 0 Å². The molecule has 1 N–H and O–H groups in total. The van der Waals surface area contributed by atoms with Gasteiger partial charge in [0, 0.05) is 6.04 Å². The average Bonchev–Trinajstić information content (AvgIpc) is 2.34. The first kappa shape index (κ1) is 14.0. The van der Waals surface area contributed by atoms with Crippen LogP contribution in [0.4, 0.5) is 0 Å². The maximum Gasteiger partial charge on any atom is 0.00884 e. The van der Waals surface area contributed by atoms with E-state index in [2.05, 4.69) is 24.2 Å². The normalized spacial score (nSPS) is 19.1. The standard InChI is InChI=1S/C14H30N2/c1-3-4-5-6-7-8-11-16-12-9-14(15-2)10-13-16/h14-15H,3-13H2,1-2H3. The third-order valence-electron chi connectivity index (χ3n) is 3.82. The minimum atomic E-state index is 0.779. The van der Waals surface area contributed by atoms with E-state index in [1.807, 2.05) is 0 Å². The van der Waals surface area contributed by atoms with Crippen molar-refractivity contribution in [3.63, 3.8) is 0 Å². The van der Waals surface area contributed by atoms with Crippen LogP contribution in [0.5, 0.6) is 0 Å². The van der Waals surface area contributed by atoms with E-state index in [0.717, 1.165) is 6.04 Å². The van der Waals surface area contributed by atoms with Crippen molar-refractivity contribution in [3.05, 3.63) is 0 Å². The number of nitrogens with one attached hydrogen (secondary N) is 1. The van der Waals surface area contributed by atoms with Crippen molar-refractivity contribution >= 4 is 0 Å². The number of hydrogen-bond donors (Lipinski definition) is 1. The molecule has 0 aromatic heterocycles. The molecule has 0 radical (unpaired) electrons. The molecule has 0 spiro atoms. The third kappa shape index (κ3) is 5.86. The van der Waals surface area contributed by atoms with Gasteiger partial charge in [-0.2, -0.15) is 0 Å². The van der Waals surface area contributed by atoms with Gasteiger partial charge in [-0.05, 0) is 45.9 Å². The van der Waals surface area contributed by atoms with Gasteiger partial charge in [-0.1, -0.05) is 39.0 Å². The summed E-state index contributed by atoms with van der Waals surface area (Å²) in [7, 11) is 2.09. The predicted octanol–water partition coefficient (Wildman–Crippen LogP) is 3.03. The molecule has 0 aromatic rings. The number of piperidine rings is 1. The lowest BCUT2D eigenvalue weighted by Gasteiger charge is -2.31. The van der Waals surface area contributed by atoms with Crippen LogP contribution in [0.15, 0.2) is 0 Å². The van der Waals surface area contributed by atoms with Crippen LogP contribution in [0.2, 0.25) is 0 Å². The highest BCUT2D eigenvalue weighted by Gasteiger charge is 2.16. The lowest BCUT2D eigenvalue weighted by atomic mass is 10.0. The maximum absolute atomic E-state index is 3.39. The molecule has 1 fully saturated rings. The van der Waals surface area contributed by atoms with Gasteiger partial charge in [-0.15, -0.1) is 0 Å². The third-order valence-corrected chi connectivity index (χ3v) is 3.82. The highest BCUT2D eigenvalue weighted by atomic mass is 15.1. The Balaban J connectivity index is 1.90. The van der Waals surface area contributed by atoms with Crippen LogP contribution in [0.25, 0.3) is 0 Å². The van der Waals surface area contributed by atoms with Crippen LogP contribution < -0.4 is 5.32 Å². The largest absolute Gasteiger partial charge is 0.317 e. The molecule has 0 atom stereocenters. The topological polar surface area (TPSA) is 15.3 Å². The fraction of sp³-hybridized carbons (Fsp3) is 1.00. The van der Waals surface area contributed by atoms with E-state index in [9.17, 15) is 0 Å². The highest BCUT2D eigenvalue weighted by molar-refractivity contribution is 4.75. The van der Waals surface area contributed by atoms with Crippen LogP contribution in [0, 0.1) is 0 Å². The minimum absolute atomic E-state index is 0.779. The van der Waals surface area contributed by atoms with Gasteiger partial charge < -0.3 is 10.2 Å². The van der Waals surface area contributed by atoms with E-state index < -0.39 is 0 Å². The Labute approximate surface area is 102 Å². The number of unbranched alkanes of at least 4 members (excludes halogenated alkanes) is 5. The van der Waals surface area contributed by atoms with Gasteiger partial charge in [-0.3, -0.25) is 0 Å². The summed E-state index contributed by atoms with van der Waals surface area (Å²) < 4.78 is 0. The zero-order chi connectivity index (χ0) is 11.6. The molecule has 0 aromatic carbocycles. The van der Waals surface area contributed by atoms with Crippen molar-refractivity contribution in [1.82, 2.24) is 10.2 Å². The molecule has 0 aliphatic carbocycles. The van der Waals surface area contributed by atoms with E-state index in [4.69, 9.17) is 0 Å². The van der Waals surface area contributed by atoms with Crippen LogP contribution in [-0.2, 0) is 0 Å². The molecule has 0 saturated carbocycles. The molecule has 0 unspecified atom stereocenters. The first-order chi connectivity index (χ1) is 7.86. The van der Waals surface area contributed by atoms with E-state index in [-0.39, 0.29) is 0 Å². The minimum Gasteiger partial charge on any atom is -0.317 e. The monoisotopic (exact) mass is 226 g/mol. The molecule has 96 valence electrons. The van der Waals surface area contributed by atoms with Gasteiger partial charge in [0.2, 0.25) is 0 Å². The molecule has 1 heterocycles. The van der Waals surface area contributed by atoms with Crippen molar-refractivity contribution in [2.24, 2.45) is 0 Å². The second-order valence-electron chi connectivity index (χ2n) is 5.17. The summed E-state index contributed by atoms with van der Waals surface area (Å²) in [6, 6.07) is 0.779. The molecular formula is C14H30N2. The predicted molar refractivity (Wildman–Crippen MR) is 71.9 cm³/mol. The summed E-state index contributed by atoms with van der Waals surface area (Å²) in [6.07, 6.45) is 11.2. The fourth-order valence-corrected chi connectivity index (χ4v) is 2.56. The molecule has 1 aliphatic rings. The zero-order valence-electron chi connectivity index (χ0n) is 11.3. The molecule has 2 nitrogen and oxygen atoms in total. The number of nitrogens with zero attached hydrogens (tertiary/aromatic N) is 1. The first-order valence-electron chi connectivity index (χ1n) is 7.26. The molecule has 16 heavy (non-hydrogen) atoms. The van der Waals surface area contributed by atoms with Gasteiger partial charge in [-0.25, -0.2) is 0 Å². The molecule has 2 heteroatoms. The lowest BCUT2D eigenvalue weighted by molar-refractivity contribution is 0.198. The van der Waals surface area contributed by atoms with Crippen LogP contribution in [-0.4, -0.2) is 37.6 Å². The lowest BCUT2D eigenvalue weighted by Crippen LogP contribution is -2.41. The van der Waals surface area contributed by atoms with Crippen molar-refractivity contribution < 1.29 is 0 Å². The number of rotatable bonds is 8. The Morgan fingerprint density at radius 3 is 2.25 bits per heavy atom. The molecule has 1 saturated heterocycles. The quantitative estimate of drug-likeness (QED) is 0.640. The fourth-order valence-electron chi connectivity index (χ4n) is 2.56. The maximum atomic E-state index is 3.39. The zero-order valence-corrected chi connectivity index (χ0v) is 11.3. The van der Waals surface area contributed by atoms with Gasteiger partial charge >= 0.3 is 0 Å². The Kier molecular flexibility index (Phi) is 7.87. The summed E-state index contributed by atoms with van der Waals surface area (Å²) >= 11 is 0. The smallest absolute Gasteiger partial charge is 0.00884 e. The first-order valence-corrected chi connectivity index (χ1v) is 7.26. The van der Waals surface area contributed by atoms with Gasteiger partial charge in [0.05, 0.1) is 0 Å². The Morgan fingerprint density at radius 2 is 1.62 bits per heavy atom. The van der Waals surface area contributed by atoms with E-state index >= 15 is 0 Å². The number of likely N-dealkylation sites (tertiary alicyclic amines) is 1. The molecule has 1 aliphatic heterocycles. The summed E-state index contributed by atoms with van der Waals surface area (Å²) in [5, 5.41) is 3.39. The van der Waals surface area contributed by atoms with Crippen LogP contribution in [0.3, 0.4) is 0 Å². The number of hydrogen-bond acceptors (Lipinski definition) is 2. The molecule has 0 bridgehead atoms. The van der Waals surface area contributed by atoms with Crippen LogP contribution in [0.1, 0.15) is 58.3 Å². The van der Waals surface area contributed by atoms with Gasteiger partial charge in [0.1, 0.15) is 0 Å². The van der Waals surface area contributed by atoms with E-state index in [0.29, 0.717) is 0 Å². The molecule has 0 amide bonds. The Morgan fingerprint density at radius 1 is 1.00 bits per heavy atom. The second-order valence-corrected chi connectivity index (χ2v) is 5.17. The van der Waals surface area contributed by atoms with Crippen LogP contribution >= 0.6 is 0 Å². The van der Waals surface area contributed by atoms with Gasteiger partial charge in [0.15, 0.2) is 0 Å².